The molecule has 2 amide bonds. The molecular weight excluding hydrogens is 448 g/mol. The first-order chi connectivity index (χ1) is 17.5. The van der Waals surface area contributed by atoms with Crippen LogP contribution in [-0.4, -0.2) is 57.1 Å². The predicted octanol–water partition coefficient (Wildman–Crippen LogP) is 6.40. The van der Waals surface area contributed by atoms with E-state index in [2.05, 4.69) is 49.9 Å². The number of amides is 2. The van der Waals surface area contributed by atoms with E-state index in [9.17, 15) is 9.59 Å². The SMILES string of the molecule is CCCCCCC1CCCN1C(=O)CN1CC(CCCCC)n2nc(-c3ccc(C)cc3)cc2C1=O. The molecule has 0 saturated carbocycles. The minimum Gasteiger partial charge on any atom is -0.338 e. The molecule has 1 aromatic carbocycles. The van der Waals surface area contributed by atoms with Gasteiger partial charge in [0.2, 0.25) is 5.91 Å². The Morgan fingerprint density at radius 3 is 2.42 bits per heavy atom. The van der Waals surface area contributed by atoms with Crippen LogP contribution in [0.2, 0.25) is 0 Å². The van der Waals surface area contributed by atoms with E-state index >= 15 is 0 Å². The van der Waals surface area contributed by atoms with Crippen LogP contribution >= 0.6 is 0 Å². The van der Waals surface area contributed by atoms with Crippen molar-refractivity contribution in [2.24, 2.45) is 0 Å². The van der Waals surface area contributed by atoms with Crippen LogP contribution in [0, 0.1) is 6.92 Å². The third kappa shape index (κ3) is 6.19. The predicted molar refractivity (Wildman–Crippen MR) is 145 cm³/mol. The van der Waals surface area contributed by atoms with Gasteiger partial charge in [-0.25, -0.2) is 0 Å². The number of aromatic nitrogens is 2. The standard InChI is InChI=1S/C30H44N4O2/c1-4-6-8-10-12-25-14-11-19-33(25)29(35)22-32-21-26(13-9-7-5-2)34-28(30(32)36)20-27(31-34)24-17-15-23(3)16-18-24/h15-18,20,25-26H,4-14,19,21-22H2,1-3H3. The zero-order chi connectivity index (χ0) is 25.5. The first kappa shape index (κ1) is 26.4. The van der Waals surface area contributed by atoms with Gasteiger partial charge in [-0.2, -0.15) is 5.10 Å². The highest BCUT2D eigenvalue weighted by Gasteiger charge is 2.36. The van der Waals surface area contributed by atoms with Gasteiger partial charge in [-0.1, -0.05) is 88.6 Å². The van der Waals surface area contributed by atoms with E-state index in [4.69, 9.17) is 5.10 Å². The molecule has 0 aliphatic carbocycles. The average Bonchev–Trinajstić information content (AvgIpc) is 3.53. The molecule has 0 bridgehead atoms. The summed E-state index contributed by atoms with van der Waals surface area (Å²) in [6, 6.07) is 10.7. The van der Waals surface area contributed by atoms with Crippen molar-refractivity contribution in [3.8, 4) is 11.3 Å². The summed E-state index contributed by atoms with van der Waals surface area (Å²) in [4.78, 5) is 30.8. The van der Waals surface area contributed by atoms with Gasteiger partial charge in [0.05, 0.1) is 11.7 Å². The first-order valence-corrected chi connectivity index (χ1v) is 14.3. The summed E-state index contributed by atoms with van der Waals surface area (Å²) in [6.45, 7) is 8.07. The van der Waals surface area contributed by atoms with Crippen molar-refractivity contribution in [1.82, 2.24) is 19.6 Å². The zero-order valence-electron chi connectivity index (χ0n) is 22.5. The number of unbranched alkanes of at least 4 members (excludes halogenated alkanes) is 5. The minimum atomic E-state index is -0.0698. The smallest absolute Gasteiger partial charge is 0.272 e. The molecule has 2 unspecified atom stereocenters. The topological polar surface area (TPSA) is 58.4 Å². The second-order valence-electron chi connectivity index (χ2n) is 10.8. The van der Waals surface area contributed by atoms with Crippen LogP contribution in [0.3, 0.4) is 0 Å². The number of hydrogen-bond acceptors (Lipinski definition) is 3. The zero-order valence-corrected chi connectivity index (χ0v) is 22.5. The quantitative estimate of drug-likeness (QED) is 0.322. The monoisotopic (exact) mass is 492 g/mol. The van der Waals surface area contributed by atoms with Gasteiger partial charge in [-0.3, -0.25) is 14.3 Å². The number of rotatable bonds is 12. The molecule has 6 nitrogen and oxygen atoms in total. The maximum Gasteiger partial charge on any atom is 0.272 e. The molecule has 2 atom stereocenters. The number of aryl methyl sites for hydroxylation is 1. The molecule has 1 fully saturated rings. The van der Waals surface area contributed by atoms with Crippen LogP contribution in [0.1, 0.15) is 107 Å². The van der Waals surface area contributed by atoms with Crippen molar-refractivity contribution in [1.29, 1.82) is 0 Å². The Morgan fingerprint density at radius 2 is 1.67 bits per heavy atom. The highest BCUT2D eigenvalue weighted by molar-refractivity contribution is 5.97. The maximum atomic E-state index is 13.6. The Morgan fingerprint density at radius 1 is 0.972 bits per heavy atom. The summed E-state index contributed by atoms with van der Waals surface area (Å²) in [5.41, 5.74) is 3.67. The summed E-state index contributed by atoms with van der Waals surface area (Å²) in [6.07, 6.45) is 12.6. The van der Waals surface area contributed by atoms with E-state index in [1.807, 2.05) is 10.7 Å². The molecular formula is C30H44N4O2. The fourth-order valence-electron chi connectivity index (χ4n) is 5.78. The van der Waals surface area contributed by atoms with Crippen molar-refractivity contribution in [2.45, 2.75) is 103 Å². The summed E-state index contributed by atoms with van der Waals surface area (Å²) in [5.74, 6) is 0.0417. The molecule has 6 heteroatoms. The van der Waals surface area contributed by atoms with Crippen LogP contribution < -0.4 is 0 Å². The summed E-state index contributed by atoms with van der Waals surface area (Å²) >= 11 is 0. The summed E-state index contributed by atoms with van der Waals surface area (Å²) < 4.78 is 1.94. The Balaban J connectivity index is 1.49. The molecule has 3 heterocycles. The van der Waals surface area contributed by atoms with E-state index in [-0.39, 0.29) is 24.4 Å². The Labute approximate surface area is 217 Å². The van der Waals surface area contributed by atoms with Crippen LogP contribution in [0.4, 0.5) is 0 Å². The Bertz CT molecular complexity index is 1010. The van der Waals surface area contributed by atoms with E-state index in [1.54, 1.807) is 4.90 Å². The molecule has 0 spiro atoms. The summed E-state index contributed by atoms with van der Waals surface area (Å²) in [7, 11) is 0. The fraction of sp³-hybridized carbons (Fsp3) is 0.633. The second kappa shape index (κ2) is 12.6. The number of fused-ring (bicyclic) bond motifs is 1. The van der Waals surface area contributed by atoms with Gasteiger partial charge in [-0.05, 0) is 38.7 Å². The molecule has 4 rings (SSSR count). The van der Waals surface area contributed by atoms with E-state index < -0.39 is 0 Å². The largest absolute Gasteiger partial charge is 0.338 e. The van der Waals surface area contributed by atoms with Crippen molar-refractivity contribution >= 4 is 11.8 Å². The van der Waals surface area contributed by atoms with Gasteiger partial charge in [0.25, 0.3) is 5.91 Å². The van der Waals surface area contributed by atoms with Crippen molar-refractivity contribution in [3.05, 3.63) is 41.6 Å². The second-order valence-corrected chi connectivity index (χ2v) is 10.8. The number of likely N-dealkylation sites (tertiary alicyclic amines) is 1. The van der Waals surface area contributed by atoms with E-state index in [0.29, 0.717) is 18.3 Å². The van der Waals surface area contributed by atoms with Gasteiger partial charge in [-0.15, -0.1) is 0 Å². The molecule has 2 aromatic rings. The van der Waals surface area contributed by atoms with Crippen LogP contribution in [0.25, 0.3) is 11.3 Å². The fourth-order valence-corrected chi connectivity index (χ4v) is 5.78. The van der Waals surface area contributed by atoms with Crippen LogP contribution in [-0.2, 0) is 4.79 Å². The van der Waals surface area contributed by atoms with Gasteiger partial charge < -0.3 is 9.80 Å². The number of nitrogens with zero attached hydrogens (tertiary/aromatic N) is 4. The van der Waals surface area contributed by atoms with Crippen molar-refractivity contribution in [3.63, 3.8) is 0 Å². The molecule has 0 N–H and O–H groups in total. The van der Waals surface area contributed by atoms with Gasteiger partial charge in [0.15, 0.2) is 0 Å². The maximum absolute atomic E-state index is 13.6. The molecule has 1 saturated heterocycles. The van der Waals surface area contributed by atoms with Crippen molar-refractivity contribution in [2.75, 3.05) is 19.6 Å². The van der Waals surface area contributed by atoms with Gasteiger partial charge >= 0.3 is 0 Å². The van der Waals surface area contributed by atoms with E-state index in [0.717, 1.165) is 62.7 Å². The number of benzene rings is 1. The highest BCUT2D eigenvalue weighted by atomic mass is 16.2. The number of hydrogen-bond donors (Lipinski definition) is 0. The van der Waals surface area contributed by atoms with Crippen LogP contribution in [0.15, 0.2) is 30.3 Å². The third-order valence-corrected chi connectivity index (χ3v) is 7.92. The molecule has 2 aliphatic heterocycles. The average molecular weight is 493 g/mol. The van der Waals surface area contributed by atoms with E-state index in [1.165, 1.54) is 31.2 Å². The van der Waals surface area contributed by atoms with Gasteiger partial charge in [0.1, 0.15) is 12.2 Å². The first-order valence-electron chi connectivity index (χ1n) is 14.3. The highest BCUT2D eigenvalue weighted by Crippen LogP contribution is 2.30. The lowest BCUT2D eigenvalue weighted by molar-refractivity contribution is -0.133. The lowest BCUT2D eigenvalue weighted by atomic mass is 10.0. The molecule has 0 radical (unpaired) electrons. The van der Waals surface area contributed by atoms with Crippen molar-refractivity contribution < 1.29 is 9.59 Å². The summed E-state index contributed by atoms with van der Waals surface area (Å²) in [5, 5.41) is 4.89. The normalized spacial score (nSPS) is 19.7. The third-order valence-electron chi connectivity index (χ3n) is 7.92. The molecule has 2 aliphatic rings. The van der Waals surface area contributed by atoms with Gasteiger partial charge in [0, 0.05) is 24.7 Å². The minimum absolute atomic E-state index is 0.0698. The van der Waals surface area contributed by atoms with Crippen LogP contribution in [0.5, 0.6) is 0 Å². The lowest BCUT2D eigenvalue weighted by Crippen LogP contribution is -2.49. The molecule has 196 valence electrons. The number of carbonyl (C=O) groups is 2. The lowest BCUT2D eigenvalue weighted by Gasteiger charge is -2.35. The Hall–Kier alpha value is -2.63. The molecule has 1 aromatic heterocycles. The molecule has 36 heavy (non-hydrogen) atoms. The Kier molecular flexibility index (Phi) is 9.22. The number of carbonyl (C=O) groups excluding carboxylic acids is 2.